The zero-order valence-electron chi connectivity index (χ0n) is 27.4. The molecule has 3 atom stereocenters. The number of aliphatic carboxylic acids is 1. The van der Waals surface area contributed by atoms with Crippen molar-refractivity contribution in [2.24, 2.45) is 5.92 Å². The van der Waals surface area contributed by atoms with Gasteiger partial charge in [0.2, 0.25) is 11.8 Å². The first-order valence-electron chi connectivity index (χ1n) is 16.2. The lowest BCUT2D eigenvalue weighted by Crippen LogP contribution is -2.55. The molecule has 48 heavy (non-hydrogen) atoms. The van der Waals surface area contributed by atoms with Crippen LogP contribution in [0.25, 0.3) is 10.4 Å². The van der Waals surface area contributed by atoms with Crippen LogP contribution in [-0.4, -0.2) is 93.2 Å². The van der Waals surface area contributed by atoms with Crippen molar-refractivity contribution in [3.8, 4) is 16.2 Å². The SMILES string of the molecule is Cc1ncsc1-c1ccc(CNC(=O)[C@@H]2C[C@@H](O)CN2C(=O)[C@H](C(C)C)N2Cc3ccccc3C2=O)c(OCCCOCCC(=O)O)c1. The number of aryl methyl sites for hydroxylation is 1. The third-order valence-corrected chi connectivity index (χ3v) is 9.59. The van der Waals surface area contributed by atoms with Gasteiger partial charge in [-0.3, -0.25) is 19.2 Å². The van der Waals surface area contributed by atoms with Gasteiger partial charge in [-0.25, -0.2) is 4.98 Å². The molecule has 3 N–H and O–H groups in total. The second-order valence-electron chi connectivity index (χ2n) is 12.4. The van der Waals surface area contributed by atoms with E-state index >= 15 is 0 Å². The van der Waals surface area contributed by atoms with Crippen LogP contribution in [0.2, 0.25) is 0 Å². The first-order valence-corrected chi connectivity index (χ1v) is 17.0. The van der Waals surface area contributed by atoms with Crippen molar-refractivity contribution in [2.45, 2.75) is 71.3 Å². The smallest absolute Gasteiger partial charge is 0.305 e. The number of hydrogen-bond acceptors (Lipinski definition) is 9. The molecule has 0 unspecified atom stereocenters. The molecule has 1 saturated heterocycles. The number of aromatic nitrogens is 1. The van der Waals surface area contributed by atoms with Crippen LogP contribution in [0.15, 0.2) is 48.0 Å². The maximum Gasteiger partial charge on any atom is 0.305 e. The molecule has 5 rings (SSSR count). The van der Waals surface area contributed by atoms with Crippen LogP contribution in [-0.2, 0) is 32.2 Å². The molecule has 0 saturated carbocycles. The summed E-state index contributed by atoms with van der Waals surface area (Å²) in [5.41, 5.74) is 5.75. The zero-order chi connectivity index (χ0) is 34.4. The van der Waals surface area contributed by atoms with Gasteiger partial charge in [-0.05, 0) is 36.1 Å². The van der Waals surface area contributed by atoms with Crippen LogP contribution in [0.5, 0.6) is 5.75 Å². The van der Waals surface area contributed by atoms with Crippen molar-refractivity contribution in [1.82, 2.24) is 20.1 Å². The largest absolute Gasteiger partial charge is 0.493 e. The molecule has 2 aromatic carbocycles. The molecule has 0 spiro atoms. The molecule has 2 aliphatic heterocycles. The number of nitrogens with one attached hydrogen (secondary N) is 1. The summed E-state index contributed by atoms with van der Waals surface area (Å²) < 4.78 is 11.5. The Morgan fingerprint density at radius 2 is 1.92 bits per heavy atom. The van der Waals surface area contributed by atoms with Gasteiger partial charge >= 0.3 is 5.97 Å². The van der Waals surface area contributed by atoms with Gasteiger partial charge in [0.1, 0.15) is 17.8 Å². The van der Waals surface area contributed by atoms with Gasteiger partial charge in [-0.15, -0.1) is 11.3 Å². The molecule has 256 valence electrons. The summed E-state index contributed by atoms with van der Waals surface area (Å²) in [5, 5.41) is 22.3. The fourth-order valence-corrected chi connectivity index (χ4v) is 7.02. The average Bonchev–Trinajstić information content (AvgIpc) is 3.76. The number of rotatable bonds is 15. The monoisotopic (exact) mass is 678 g/mol. The van der Waals surface area contributed by atoms with E-state index in [1.165, 1.54) is 16.2 Å². The first kappa shape index (κ1) is 35.0. The highest BCUT2D eigenvalue weighted by Gasteiger charge is 2.45. The fourth-order valence-electron chi connectivity index (χ4n) is 6.22. The summed E-state index contributed by atoms with van der Waals surface area (Å²) >= 11 is 1.51. The molecule has 3 amide bonds. The number of likely N-dealkylation sites (tertiary alicyclic amines) is 1. The number of benzene rings is 2. The van der Waals surface area contributed by atoms with Gasteiger partial charge in [0, 0.05) is 50.2 Å². The number of β-amino-alcohol motifs (C(OH)–C–C–N with tert-alkyl or cyclic N) is 1. The number of thiazole rings is 1. The Labute approximate surface area is 283 Å². The van der Waals surface area contributed by atoms with Gasteiger partial charge in [0.15, 0.2) is 0 Å². The maximum atomic E-state index is 14.1. The van der Waals surface area contributed by atoms with Crippen LogP contribution >= 0.6 is 11.3 Å². The van der Waals surface area contributed by atoms with Gasteiger partial charge in [0.05, 0.1) is 41.8 Å². The van der Waals surface area contributed by atoms with E-state index in [9.17, 15) is 24.3 Å². The van der Waals surface area contributed by atoms with Crippen molar-refractivity contribution in [1.29, 1.82) is 0 Å². The standard InChI is InChI=1S/C35H42N4O8S/c1-21(2)31(39-18-25-7-4-5-8-27(25)34(39)44)35(45)38-19-26(40)16-28(38)33(43)36-17-24-10-9-23(32-22(3)37-20-48-32)15-29(24)47-13-6-12-46-14-11-30(41)42/h4-5,7-10,15,20-21,26,28,31,40H,6,11-14,16-19H2,1-3H3,(H,36,43)(H,41,42)/t26-,28+,31+/m1/s1. The number of amides is 3. The number of carbonyl (C=O) groups excluding carboxylic acids is 3. The Balaban J connectivity index is 1.27. The number of carboxylic acid groups (broad SMARTS) is 1. The van der Waals surface area contributed by atoms with E-state index in [0.717, 1.165) is 27.3 Å². The molecule has 0 radical (unpaired) electrons. The number of carbonyl (C=O) groups is 4. The lowest BCUT2D eigenvalue weighted by molar-refractivity contribution is -0.143. The Hall–Kier alpha value is -4.33. The topological polar surface area (TPSA) is 159 Å². The number of aliphatic hydroxyl groups excluding tert-OH is 1. The van der Waals surface area contributed by atoms with Crippen LogP contribution in [0.3, 0.4) is 0 Å². The number of ether oxygens (including phenoxy) is 2. The molecule has 13 heteroatoms. The number of nitrogens with zero attached hydrogens (tertiary/aromatic N) is 3. The average molecular weight is 679 g/mol. The van der Waals surface area contributed by atoms with E-state index in [0.29, 0.717) is 37.5 Å². The van der Waals surface area contributed by atoms with E-state index in [1.807, 2.05) is 51.1 Å². The number of carboxylic acids is 1. The molecular weight excluding hydrogens is 636 g/mol. The highest BCUT2D eigenvalue weighted by Crippen LogP contribution is 2.33. The molecule has 3 heterocycles. The predicted molar refractivity (Wildman–Crippen MR) is 178 cm³/mol. The summed E-state index contributed by atoms with van der Waals surface area (Å²) in [6.07, 6.45) is -0.313. The molecule has 0 bridgehead atoms. The third-order valence-electron chi connectivity index (χ3n) is 8.61. The summed E-state index contributed by atoms with van der Waals surface area (Å²) in [6, 6.07) is 11.3. The van der Waals surface area contributed by atoms with Crippen molar-refractivity contribution in [3.63, 3.8) is 0 Å². The summed E-state index contributed by atoms with van der Waals surface area (Å²) in [5.74, 6) is -1.55. The highest BCUT2D eigenvalue weighted by atomic mass is 32.1. The van der Waals surface area contributed by atoms with Crippen molar-refractivity contribution in [2.75, 3.05) is 26.4 Å². The van der Waals surface area contributed by atoms with Crippen LogP contribution in [0, 0.1) is 12.8 Å². The molecular formula is C35H42N4O8S. The summed E-state index contributed by atoms with van der Waals surface area (Å²) in [4.78, 5) is 60.0. The van der Waals surface area contributed by atoms with Crippen LogP contribution < -0.4 is 10.1 Å². The number of hydrogen-bond donors (Lipinski definition) is 3. The quantitative estimate of drug-likeness (QED) is 0.204. The fraction of sp³-hybridized carbons (Fsp3) is 0.457. The second-order valence-corrected chi connectivity index (χ2v) is 13.3. The normalized spacial score (nSPS) is 17.9. The van der Waals surface area contributed by atoms with Crippen molar-refractivity contribution in [3.05, 3.63) is 70.4 Å². The molecule has 1 aromatic heterocycles. The minimum atomic E-state index is -0.917. The van der Waals surface area contributed by atoms with E-state index in [4.69, 9.17) is 14.6 Å². The Kier molecular flexibility index (Phi) is 11.5. The van der Waals surface area contributed by atoms with Crippen molar-refractivity contribution < 1.29 is 38.9 Å². The van der Waals surface area contributed by atoms with Gasteiger partial charge in [-0.1, -0.05) is 44.2 Å². The Morgan fingerprint density at radius 3 is 2.62 bits per heavy atom. The minimum absolute atomic E-state index is 0.000906. The lowest BCUT2D eigenvalue weighted by atomic mass is 10.0. The first-order chi connectivity index (χ1) is 23.0. The Bertz CT molecular complexity index is 1640. The predicted octanol–water partition coefficient (Wildman–Crippen LogP) is 3.64. The van der Waals surface area contributed by atoms with Crippen LogP contribution in [0.1, 0.15) is 60.3 Å². The van der Waals surface area contributed by atoms with Crippen LogP contribution in [0.4, 0.5) is 0 Å². The highest BCUT2D eigenvalue weighted by molar-refractivity contribution is 7.13. The van der Waals surface area contributed by atoms with E-state index in [1.54, 1.807) is 22.5 Å². The minimum Gasteiger partial charge on any atom is -0.493 e. The second kappa shape index (κ2) is 15.7. The molecule has 2 aliphatic rings. The maximum absolute atomic E-state index is 14.1. The molecule has 3 aromatic rings. The number of aliphatic hydroxyl groups is 1. The summed E-state index contributed by atoms with van der Waals surface area (Å²) in [7, 11) is 0. The lowest BCUT2D eigenvalue weighted by Gasteiger charge is -2.35. The molecule has 1 fully saturated rings. The van der Waals surface area contributed by atoms with E-state index in [-0.39, 0.29) is 50.3 Å². The molecule has 12 nitrogen and oxygen atoms in total. The summed E-state index contributed by atoms with van der Waals surface area (Å²) in [6.45, 7) is 6.89. The number of fused-ring (bicyclic) bond motifs is 1. The van der Waals surface area contributed by atoms with Gasteiger partial charge in [-0.2, -0.15) is 0 Å². The van der Waals surface area contributed by atoms with E-state index in [2.05, 4.69) is 10.3 Å². The Morgan fingerprint density at radius 1 is 1.12 bits per heavy atom. The molecule has 0 aliphatic carbocycles. The van der Waals surface area contributed by atoms with E-state index < -0.39 is 30.1 Å². The zero-order valence-corrected chi connectivity index (χ0v) is 28.2. The van der Waals surface area contributed by atoms with Crippen molar-refractivity contribution >= 4 is 35.0 Å². The third kappa shape index (κ3) is 8.03. The van der Waals surface area contributed by atoms with Gasteiger partial charge in [0.25, 0.3) is 5.91 Å². The van der Waals surface area contributed by atoms with Gasteiger partial charge < -0.3 is 34.8 Å².